The van der Waals surface area contributed by atoms with Crippen LogP contribution in [-0.2, 0) is 7.05 Å². The van der Waals surface area contributed by atoms with Crippen molar-refractivity contribution >= 4 is 11.8 Å². The Morgan fingerprint density at radius 3 is 2.84 bits per heavy atom. The van der Waals surface area contributed by atoms with E-state index in [4.69, 9.17) is 9.26 Å². The number of hydrogen-bond donors (Lipinski definition) is 2. The zero-order valence-electron chi connectivity index (χ0n) is 14.2. The van der Waals surface area contributed by atoms with Crippen LogP contribution in [0.15, 0.2) is 47.2 Å². The highest BCUT2D eigenvalue weighted by atomic mass is 16.5. The summed E-state index contributed by atoms with van der Waals surface area (Å²) in [5.41, 5.74) is 0.847. The van der Waals surface area contributed by atoms with Gasteiger partial charge in [-0.3, -0.25) is 5.32 Å². The Balaban J connectivity index is 1.86. The van der Waals surface area contributed by atoms with Gasteiger partial charge in [0.05, 0.1) is 7.11 Å². The van der Waals surface area contributed by atoms with Gasteiger partial charge in [0.15, 0.2) is 5.82 Å². The lowest BCUT2D eigenvalue weighted by atomic mass is 10.1. The number of carbonyl (C=O) groups excluding carboxylic acids is 1. The molecule has 8 heteroatoms. The van der Waals surface area contributed by atoms with Gasteiger partial charge < -0.3 is 19.1 Å². The second-order valence-corrected chi connectivity index (χ2v) is 5.53. The number of methoxy groups -OCH3 is 1. The first-order valence-corrected chi connectivity index (χ1v) is 7.69. The van der Waals surface area contributed by atoms with Gasteiger partial charge in [-0.2, -0.15) is 0 Å². The van der Waals surface area contributed by atoms with Crippen LogP contribution in [0, 0.1) is 6.92 Å². The first kappa shape index (κ1) is 16.6. The number of nitrogens with zero attached hydrogens (tertiary/aromatic N) is 3. The van der Waals surface area contributed by atoms with E-state index in [1.807, 2.05) is 42.1 Å². The summed E-state index contributed by atoms with van der Waals surface area (Å²) in [7, 11) is 3.47. The first-order valence-electron chi connectivity index (χ1n) is 7.69. The average Bonchev–Trinajstić information content (AvgIpc) is 3.21. The van der Waals surface area contributed by atoms with Crippen LogP contribution in [0.3, 0.4) is 0 Å². The van der Waals surface area contributed by atoms with Gasteiger partial charge in [-0.1, -0.05) is 17.3 Å². The van der Waals surface area contributed by atoms with E-state index < -0.39 is 12.1 Å². The van der Waals surface area contributed by atoms with Crippen LogP contribution in [-0.4, -0.2) is 27.8 Å². The molecular formula is C17H19N5O3. The third-order valence-electron chi connectivity index (χ3n) is 3.69. The second-order valence-electron chi connectivity index (χ2n) is 5.53. The summed E-state index contributed by atoms with van der Waals surface area (Å²) in [6.45, 7) is 1.75. The molecule has 8 nitrogen and oxygen atoms in total. The molecule has 0 aliphatic carbocycles. The largest absolute Gasteiger partial charge is 0.497 e. The molecule has 0 saturated heterocycles. The molecule has 2 amide bonds. The fourth-order valence-corrected chi connectivity index (χ4v) is 2.48. The Labute approximate surface area is 144 Å². The van der Waals surface area contributed by atoms with Gasteiger partial charge in [-0.05, 0) is 24.6 Å². The van der Waals surface area contributed by atoms with E-state index in [0.717, 1.165) is 5.56 Å². The monoisotopic (exact) mass is 341 g/mol. The van der Waals surface area contributed by atoms with E-state index in [0.29, 0.717) is 23.2 Å². The molecule has 3 rings (SSSR count). The molecular weight excluding hydrogens is 322 g/mol. The molecule has 2 aromatic heterocycles. The molecule has 130 valence electrons. The lowest BCUT2D eigenvalue weighted by Crippen LogP contribution is -2.34. The van der Waals surface area contributed by atoms with Crippen LogP contribution in [0.1, 0.15) is 23.2 Å². The molecule has 0 bridgehead atoms. The third kappa shape index (κ3) is 3.79. The number of aryl methyl sites for hydroxylation is 2. The zero-order chi connectivity index (χ0) is 17.8. The van der Waals surface area contributed by atoms with Crippen LogP contribution in [0.4, 0.5) is 10.6 Å². The number of urea groups is 1. The summed E-state index contributed by atoms with van der Waals surface area (Å²) in [4.78, 5) is 16.8. The van der Waals surface area contributed by atoms with Gasteiger partial charge in [0.2, 0.25) is 0 Å². The number of nitrogens with one attached hydrogen (secondary N) is 2. The molecule has 0 aliphatic rings. The molecule has 0 aliphatic heterocycles. The molecule has 2 heterocycles. The van der Waals surface area contributed by atoms with Crippen molar-refractivity contribution in [1.29, 1.82) is 0 Å². The summed E-state index contributed by atoms with van der Waals surface area (Å²) in [6, 6.07) is 8.25. The number of ether oxygens (including phenoxy) is 1. The Morgan fingerprint density at radius 1 is 1.36 bits per heavy atom. The molecule has 0 saturated carbocycles. The Kier molecular flexibility index (Phi) is 4.69. The Bertz CT molecular complexity index is 871. The molecule has 1 atom stereocenters. The van der Waals surface area contributed by atoms with Crippen molar-refractivity contribution in [2.45, 2.75) is 13.0 Å². The highest BCUT2D eigenvalue weighted by Gasteiger charge is 2.21. The normalized spacial score (nSPS) is 11.8. The molecule has 0 spiro atoms. The minimum Gasteiger partial charge on any atom is -0.497 e. The quantitative estimate of drug-likeness (QED) is 0.744. The second kappa shape index (κ2) is 7.08. The van der Waals surface area contributed by atoms with Crippen molar-refractivity contribution in [2.24, 2.45) is 7.05 Å². The van der Waals surface area contributed by atoms with Crippen molar-refractivity contribution in [3.05, 3.63) is 59.9 Å². The molecule has 2 N–H and O–H groups in total. The topological polar surface area (TPSA) is 94.2 Å². The number of anilines is 1. The molecule has 1 aromatic carbocycles. The number of rotatable bonds is 5. The van der Waals surface area contributed by atoms with Crippen LogP contribution < -0.4 is 15.4 Å². The average molecular weight is 341 g/mol. The standard InChI is InChI=1S/C17H19N5O3/c1-11-9-14(21-25-11)19-17(23)20-15(16-18-7-8-22(16)2)12-5-4-6-13(10-12)24-3/h4-10,15H,1-3H3,(H2,19,20,21,23)/t15-/m0/s1. The van der Waals surface area contributed by atoms with Crippen LogP contribution >= 0.6 is 0 Å². The van der Waals surface area contributed by atoms with Crippen LogP contribution in [0.5, 0.6) is 5.75 Å². The van der Waals surface area contributed by atoms with Gasteiger partial charge in [0, 0.05) is 25.5 Å². The summed E-state index contributed by atoms with van der Waals surface area (Å²) in [5, 5.41) is 9.32. The van der Waals surface area contributed by atoms with Crippen molar-refractivity contribution in [1.82, 2.24) is 20.0 Å². The predicted octanol–water partition coefficient (Wildman–Crippen LogP) is 2.64. The minimum atomic E-state index is -0.455. The van der Waals surface area contributed by atoms with Crippen LogP contribution in [0.2, 0.25) is 0 Å². The fraction of sp³-hybridized carbons (Fsp3) is 0.235. The molecule has 0 fully saturated rings. The van der Waals surface area contributed by atoms with Crippen molar-refractivity contribution in [3.63, 3.8) is 0 Å². The van der Waals surface area contributed by atoms with Gasteiger partial charge >= 0.3 is 6.03 Å². The van der Waals surface area contributed by atoms with Crippen molar-refractivity contribution in [2.75, 3.05) is 12.4 Å². The summed E-state index contributed by atoms with van der Waals surface area (Å²) in [6.07, 6.45) is 3.51. The first-order chi connectivity index (χ1) is 12.1. The van der Waals surface area contributed by atoms with E-state index in [9.17, 15) is 4.79 Å². The number of amides is 2. The lowest BCUT2D eigenvalue weighted by Gasteiger charge is -2.19. The molecule has 25 heavy (non-hydrogen) atoms. The molecule has 0 unspecified atom stereocenters. The maximum atomic E-state index is 12.4. The van der Waals surface area contributed by atoms with Gasteiger partial charge in [0.1, 0.15) is 23.4 Å². The molecule has 0 radical (unpaired) electrons. The minimum absolute atomic E-state index is 0.347. The maximum Gasteiger partial charge on any atom is 0.321 e. The number of hydrogen-bond acceptors (Lipinski definition) is 5. The number of imidazole rings is 1. The highest BCUT2D eigenvalue weighted by molar-refractivity contribution is 5.88. The number of carbonyl (C=O) groups is 1. The third-order valence-corrected chi connectivity index (χ3v) is 3.69. The van der Waals surface area contributed by atoms with Crippen LogP contribution in [0.25, 0.3) is 0 Å². The van der Waals surface area contributed by atoms with Gasteiger partial charge in [0.25, 0.3) is 0 Å². The number of aromatic nitrogens is 3. The lowest BCUT2D eigenvalue weighted by molar-refractivity contribution is 0.249. The zero-order valence-corrected chi connectivity index (χ0v) is 14.2. The van der Waals surface area contributed by atoms with Gasteiger partial charge in [-0.25, -0.2) is 9.78 Å². The van der Waals surface area contributed by atoms with E-state index in [1.165, 1.54) is 0 Å². The summed E-state index contributed by atoms with van der Waals surface area (Å²) >= 11 is 0. The smallest absolute Gasteiger partial charge is 0.321 e. The Hall–Kier alpha value is -3.29. The highest BCUT2D eigenvalue weighted by Crippen LogP contribution is 2.24. The van der Waals surface area contributed by atoms with Gasteiger partial charge in [-0.15, -0.1) is 0 Å². The summed E-state index contributed by atoms with van der Waals surface area (Å²) in [5.74, 6) is 2.36. The van der Waals surface area contributed by atoms with E-state index >= 15 is 0 Å². The maximum absolute atomic E-state index is 12.4. The number of benzene rings is 1. The van der Waals surface area contributed by atoms with Crippen molar-refractivity contribution < 1.29 is 14.1 Å². The Morgan fingerprint density at radius 2 is 2.20 bits per heavy atom. The van der Waals surface area contributed by atoms with E-state index in [1.54, 1.807) is 26.3 Å². The summed E-state index contributed by atoms with van der Waals surface area (Å²) < 4.78 is 12.1. The predicted molar refractivity (Wildman–Crippen MR) is 91.4 cm³/mol. The van der Waals surface area contributed by atoms with Crippen molar-refractivity contribution in [3.8, 4) is 5.75 Å². The molecule has 3 aromatic rings. The fourth-order valence-electron chi connectivity index (χ4n) is 2.48. The van der Waals surface area contributed by atoms with E-state index in [-0.39, 0.29) is 0 Å². The SMILES string of the molecule is COc1cccc([C@H](NC(=O)Nc2cc(C)on2)c2nccn2C)c1. The van der Waals surface area contributed by atoms with E-state index in [2.05, 4.69) is 20.8 Å².